The van der Waals surface area contributed by atoms with Crippen LogP contribution in [0.15, 0.2) is 18.2 Å². The van der Waals surface area contributed by atoms with Gasteiger partial charge in [0.25, 0.3) is 0 Å². The van der Waals surface area contributed by atoms with Gasteiger partial charge in [0.05, 0.1) is 13.7 Å². The number of rotatable bonds is 7. The highest BCUT2D eigenvalue weighted by molar-refractivity contribution is 6.30. The Morgan fingerprint density at radius 1 is 1.30 bits per heavy atom. The quantitative estimate of drug-likeness (QED) is 0.776. The van der Waals surface area contributed by atoms with Crippen molar-refractivity contribution in [2.75, 3.05) is 33.8 Å². The molecule has 0 bridgehead atoms. The highest BCUT2D eigenvalue weighted by Gasteiger charge is 2.14. The third-order valence-electron chi connectivity index (χ3n) is 3.20. The summed E-state index contributed by atoms with van der Waals surface area (Å²) in [6.45, 7) is 6.46. The lowest BCUT2D eigenvalue weighted by molar-refractivity contribution is -0.131. The molecule has 1 amide bonds. The van der Waals surface area contributed by atoms with Gasteiger partial charge in [0.2, 0.25) is 5.91 Å². The summed E-state index contributed by atoms with van der Waals surface area (Å²) in [5, 5.41) is 0.671. The number of carbonyl (C=O) groups is 1. The Morgan fingerprint density at radius 3 is 2.50 bits per heavy atom. The number of halogens is 1. The van der Waals surface area contributed by atoms with Crippen LogP contribution in [0, 0.1) is 0 Å². The maximum Gasteiger partial charge on any atom is 0.236 e. The van der Waals surface area contributed by atoms with Gasteiger partial charge >= 0.3 is 0 Å². The standard InChI is InChI=1S/C15H23ClN2O2/c1-5-18(6-2)15(19)11-17(3)10-12-9-13(16)7-8-14(12)20-4/h7-9H,5-6,10-11H2,1-4H3. The Kier molecular flexibility index (Phi) is 6.82. The van der Waals surface area contributed by atoms with E-state index in [1.54, 1.807) is 13.2 Å². The predicted octanol–water partition coefficient (Wildman–Crippen LogP) is 2.65. The van der Waals surface area contributed by atoms with Gasteiger partial charge < -0.3 is 9.64 Å². The van der Waals surface area contributed by atoms with Crippen LogP contribution in [0.5, 0.6) is 5.75 Å². The van der Waals surface area contributed by atoms with Crippen molar-refractivity contribution in [2.45, 2.75) is 20.4 Å². The minimum Gasteiger partial charge on any atom is -0.496 e. The normalized spacial score (nSPS) is 10.7. The van der Waals surface area contributed by atoms with E-state index in [9.17, 15) is 4.79 Å². The third-order valence-corrected chi connectivity index (χ3v) is 3.44. The van der Waals surface area contributed by atoms with Gasteiger partial charge in [-0.15, -0.1) is 0 Å². The number of benzene rings is 1. The molecule has 1 aromatic rings. The summed E-state index contributed by atoms with van der Waals surface area (Å²) < 4.78 is 5.32. The first-order chi connectivity index (χ1) is 9.51. The summed E-state index contributed by atoms with van der Waals surface area (Å²) in [5.74, 6) is 0.926. The van der Waals surface area contributed by atoms with Gasteiger partial charge in [-0.25, -0.2) is 0 Å². The van der Waals surface area contributed by atoms with Crippen molar-refractivity contribution in [2.24, 2.45) is 0 Å². The zero-order chi connectivity index (χ0) is 15.1. The summed E-state index contributed by atoms with van der Waals surface area (Å²) in [6.07, 6.45) is 0. The maximum atomic E-state index is 12.1. The molecular weight excluding hydrogens is 276 g/mol. The Labute approximate surface area is 126 Å². The Morgan fingerprint density at radius 2 is 1.95 bits per heavy atom. The molecule has 0 radical (unpaired) electrons. The van der Waals surface area contributed by atoms with E-state index in [-0.39, 0.29) is 5.91 Å². The zero-order valence-corrected chi connectivity index (χ0v) is 13.4. The maximum absolute atomic E-state index is 12.1. The van der Waals surface area contributed by atoms with E-state index in [4.69, 9.17) is 16.3 Å². The fourth-order valence-corrected chi connectivity index (χ4v) is 2.32. The van der Waals surface area contributed by atoms with Crippen LogP contribution in [0.25, 0.3) is 0 Å². The van der Waals surface area contributed by atoms with Crippen molar-refractivity contribution < 1.29 is 9.53 Å². The summed E-state index contributed by atoms with van der Waals surface area (Å²) in [6, 6.07) is 5.52. The van der Waals surface area contributed by atoms with Gasteiger partial charge in [0.1, 0.15) is 5.75 Å². The molecule has 0 aromatic heterocycles. The third kappa shape index (κ3) is 4.69. The largest absolute Gasteiger partial charge is 0.496 e. The number of ether oxygens (including phenoxy) is 1. The molecule has 0 spiro atoms. The average molecular weight is 299 g/mol. The SMILES string of the molecule is CCN(CC)C(=O)CN(C)Cc1cc(Cl)ccc1OC. The molecule has 0 aliphatic heterocycles. The fraction of sp³-hybridized carbons (Fsp3) is 0.533. The summed E-state index contributed by atoms with van der Waals surface area (Å²) >= 11 is 6.01. The van der Waals surface area contributed by atoms with Gasteiger partial charge in [-0.2, -0.15) is 0 Å². The van der Waals surface area contributed by atoms with E-state index in [1.807, 2.05) is 42.8 Å². The molecule has 0 fully saturated rings. The highest BCUT2D eigenvalue weighted by Crippen LogP contribution is 2.23. The summed E-state index contributed by atoms with van der Waals surface area (Å²) in [7, 11) is 3.55. The van der Waals surface area contributed by atoms with Crippen LogP contribution in [-0.4, -0.2) is 49.5 Å². The molecular formula is C15H23ClN2O2. The number of methoxy groups -OCH3 is 1. The lowest BCUT2D eigenvalue weighted by Crippen LogP contribution is -2.38. The molecule has 0 saturated heterocycles. The average Bonchev–Trinajstić information content (AvgIpc) is 2.40. The van der Waals surface area contributed by atoms with Crippen LogP contribution in [0.4, 0.5) is 0 Å². The number of likely N-dealkylation sites (N-methyl/N-ethyl adjacent to an activating group) is 2. The zero-order valence-electron chi connectivity index (χ0n) is 12.6. The van der Waals surface area contributed by atoms with Crippen molar-refractivity contribution in [1.29, 1.82) is 0 Å². The lowest BCUT2D eigenvalue weighted by Gasteiger charge is -2.23. The number of hydrogen-bond acceptors (Lipinski definition) is 3. The first kappa shape index (κ1) is 16.8. The molecule has 0 atom stereocenters. The van der Waals surface area contributed by atoms with E-state index in [2.05, 4.69) is 0 Å². The Hall–Kier alpha value is -1.26. The summed E-state index contributed by atoms with van der Waals surface area (Å²) in [5.41, 5.74) is 0.981. The minimum absolute atomic E-state index is 0.137. The number of amides is 1. The first-order valence-electron chi connectivity index (χ1n) is 6.80. The molecule has 1 aromatic carbocycles. The molecule has 20 heavy (non-hydrogen) atoms. The van der Waals surface area contributed by atoms with Crippen molar-refractivity contribution in [3.63, 3.8) is 0 Å². The van der Waals surface area contributed by atoms with Crippen molar-refractivity contribution in [1.82, 2.24) is 9.80 Å². The van der Waals surface area contributed by atoms with Gasteiger partial charge in [-0.05, 0) is 39.1 Å². The molecule has 5 heteroatoms. The molecule has 112 valence electrons. The van der Waals surface area contributed by atoms with Gasteiger partial charge in [-0.3, -0.25) is 9.69 Å². The smallest absolute Gasteiger partial charge is 0.236 e. The van der Waals surface area contributed by atoms with Crippen LogP contribution in [0.3, 0.4) is 0 Å². The van der Waals surface area contributed by atoms with Crippen molar-refractivity contribution >= 4 is 17.5 Å². The van der Waals surface area contributed by atoms with Crippen molar-refractivity contribution in [3.05, 3.63) is 28.8 Å². The second-order valence-electron chi connectivity index (χ2n) is 4.69. The first-order valence-corrected chi connectivity index (χ1v) is 7.18. The van der Waals surface area contributed by atoms with E-state index in [0.29, 0.717) is 18.1 Å². The highest BCUT2D eigenvalue weighted by atomic mass is 35.5. The number of nitrogens with zero attached hydrogens (tertiary/aromatic N) is 2. The molecule has 1 rings (SSSR count). The van der Waals surface area contributed by atoms with Gasteiger partial charge in [0.15, 0.2) is 0 Å². The Balaban J connectivity index is 2.68. The predicted molar refractivity (Wildman–Crippen MR) is 82.3 cm³/mol. The monoisotopic (exact) mass is 298 g/mol. The van der Waals surface area contributed by atoms with Gasteiger partial charge in [-0.1, -0.05) is 11.6 Å². The van der Waals surface area contributed by atoms with Crippen LogP contribution >= 0.6 is 11.6 Å². The number of hydrogen-bond donors (Lipinski definition) is 0. The second-order valence-corrected chi connectivity index (χ2v) is 5.13. The Bertz CT molecular complexity index is 447. The minimum atomic E-state index is 0.137. The molecule has 0 aliphatic carbocycles. The van der Waals surface area contributed by atoms with Crippen LogP contribution in [0.1, 0.15) is 19.4 Å². The molecule has 0 heterocycles. The van der Waals surface area contributed by atoms with Gasteiger partial charge in [0, 0.05) is 30.2 Å². The van der Waals surface area contributed by atoms with E-state index < -0.39 is 0 Å². The van der Waals surface area contributed by atoms with Crippen LogP contribution in [-0.2, 0) is 11.3 Å². The molecule has 0 saturated carbocycles. The van der Waals surface area contributed by atoms with Crippen molar-refractivity contribution in [3.8, 4) is 5.75 Å². The van der Waals surface area contributed by atoms with E-state index in [1.165, 1.54) is 0 Å². The molecule has 4 nitrogen and oxygen atoms in total. The lowest BCUT2D eigenvalue weighted by atomic mass is 10.2. The summed E-state index contributed by atoms with van der Waals surface area (Å²) in [4.78, 5) is 15.8. The topological polar surface area (TPSA) is 32.8 Å². The van der Waals surface area contributed by atoms with E-state index >= 15 is 0 Å². The van der Waals surface area contributed by atoms with Crippen LogP contribution < -0.4 is 4.74 Å². The fourth-order valence-electron chi connectivity index (χ4n) is 2.12. The molecule has 0 N–H and O–H groups in total. The second kappa shape index (κ2) is 8.12. The van der Waals surface area contributed by atoms with E-state index in [0.717, 1.165) is 24.4 Å². The number of carbonyl (C=O) groups excluding carboxylic acids is 1. The van der Waals surface area contributed by atoms with Crippen LogP contribution in [0.2, 0.25) is 5.02 Å². The molecule has 0 aliphatic rings. The molecule has 0 unspecified atom stereocenters.